The summed E-state index contributed by atoms with van der Waals surface area (Å²) in [5.41, 5.74) is 1.60. The normalized spacial score (nSPS) is 14.5. The van der Waals surface area contributed by atoms with Crippen LogP contribution in [0.1, 0.15) is 15.9 Å². The van der Waals surface area contributed by atoms with Gasteiger partial charge < -0.3 is 0 Å². The zero-order chi connectivity index (χ0) is 21.5. The summed E-state index contributed by atoms with van der Waals surface area (Å²) in [6, 6.07) is 11.3. The molecular weight excluding hydrogens is 446 g/mol. The van der Waals surface area contributed by atoms with E-state index in [9.17, 15) is 22.8 Å². The molecule has 1 N–H and O–H groups in total. The lowest BCUT2D eigenvalue weighted by molar-refractivity contribution is -0.125. The molecule has 3 aromatic rings. The minimum Gasteiger partial charge on any atom is -0.298 e. The van der Waals surface area contributed by atoms with Crippen molar-refractivity contribution in [1.82, 2.24) is 9.88 Å². The van der Waals surface area contributed by atoms with Gasteiger partial charge in [0.05, 0.1) is 27.4 Å². The number of hydrogen-bond donors (Lipinski definition) is 1. The second kappa shape index (κ2) is 7.82. The van der Waals surface area contributed by atoms with Crippen molar-refractivity contribution in [3.05, 3.63) is 53.6 Å². The molecule has 0 aliphatic carbocycles. The van der Waals surface area contributed by atoms with Gasteiger partial charge in [0.2, 0.25) is 5.91 Å². The predicted molar refractivity (Wildman–Crippen MR) is 116 cm³/mol. The van der Waals surface area contributed by atoms with Crippen LogP contribution in [0.25, 0.3) is 10.2 Å². The second-order valence-electron chi connectivity index (χ2n) is 6.61. The minimum absolute atomic E-state index is 0.112. The van der Waals surface area contributed by atoms with Crippen molar-refractivity contribution in [3.63, 3.8) is 0 Å². The molecule has 2 heterocycles. The molecule has 11 heteroatoms. The van der Waals surface area contributed by atoms with Gasteiger partial charge in [-0.1, -0.05) is 35.2 Å². The Morgan fingerprint density at radius 2 is 2.00 bits per heavy atom. The molecule has 1 aliphatic heterocycles. The van der Waals surface area contributed by atoms with Crippen molar-refractivity contribution in [1.29, 1.82) is 0 Å². The van der Waals surface area contributed by atoms with E-state index < -0.39 is 15.7 Å². The first-order valence-corrected chi connectivity index (χ1v) is 12.4. The van der Waals surface area contributed by atoms with Gasteiger partial charge in [-0.15, -0.1) is 0 Å². The standard InChI is InChI=1S/C19H15N3O5S3/c1-30(26,27)13-5-6-14-15(8-13)29-18(20-14)21-17(24)12-4-2-3-11(7-12)9-22-16(23)10-28-19(22)25/h2-8H,9-10H2,1H3,(H,20,21,24). The molecule has 1 saturated heterocycles. The van der Waals surface area contributed by atoms with Gasteiger partial charge in [0.15, 0.2) is 15.0 Å². The van der Waals surface area contributed by atoms with Crippen molar-refractivity contribution < 1.29 is 22.8 Å². The molecule has 0 radical (unpaired) electrons. The first-order chi connectivity index (χ1) is 14.2. The van der Waals surface area contributed by atoms with E-state index in [4.69, 9.17) is 0 Å². The van der Waals surface area contributed by atoms with Crippen molar-refractivity contribution in [2.24, 2.45) is 0 Å². The van der Waals surface area contributed by atoms with Crippen LogP contribution in [0.15, 0.2) is 47.4 Å². The van der Waals surface area contributed by atoms with Gasteiger partial charge in [-0.05, 0) is 35.9 Å². The maximum Gasteiger partial charge on any atom is 0.289 e. The smallest absolute Gasteiger partial charge is 0.289 e. The number of fused-ring (bicyclic) bond motifs is 1. The molecule has 1 aliphatic rings. The summed E-state index contributed by atoms with van der Waals surface area (Å²) in [7, 11) is -3.34. The van der Waals surface area contributed by atoms with Crippen LogP contribution in [0.2, 0.25) is 0 Å². The molecule has 1 fully saturated rings. The lowest BCUT2D eigenvalue weighted by Gasteiger charge is -2.13. The molecule has 1 aromatic heterocycles. The van der Waals surface area contributed by atoms with E-state index in [1.165, 1.54) is 23.5 Å². The van der Waals surface area contributed by atoms with E-state index in [0.717, 1.165) is 22.9 Å². The molecule has 0 spiro atoms. The van der Waals surface area contributed by atoms with Gasteiger partial charge in [-0.2, -0.15) is 0 Å². The Bertz CT molecular complexity index is 1280. The highest BCUT2D eigenvalue weighted by Gasteiger charge is 2.29. The fourth-order valence-corrected chi connectivity index (χ4v) is 5.23. The van der Waals surface area contributed by atoms with Crippen LogP contribution in [0.5, 0.6) is 0 Å². The number of nitrogens with one attached hydrogen (secondary N) is 1. The van der Waals surface area contributed by atoms with Crippen LogP contribution in [0.4, 0.5) is 9.93 Å². The Labute approximate surface area is 180 Å². The zero-order valence-electron chi connectivity index (χ0n) is 15.6. The highest BCUT2D eigenvalue weighted by Crippen LogP contribution is 2.28. The second-order valence-corrected chi connectivity index (χ2v) is 10.6. The maximum atomic E-state index is 12.6. The fraction of sp³-hybridized carbons (Fsp3) is 0.158. The summed E-state index contributed by atoms with van der Waals surface area (Å²) < 4.78 is 24.1. The van der Waals surface area contributed by atoms with Gasteiger partial charge in [-0.25, -0.2) is 13.4 Å². The molecule has 3 amide bonds. The zero-order valence-corrected chi connectivity index (χ0v) is 18.1. The third-order valence-corrected chi connectivity index (χ3v) is 7.28. The van der Waals surface area contributed by atoms with E-state index in [2.05, 4.69) is 10.3 Å². The summed E-state index contributed by atoms with van der Waals surface area (Å²) in [5.74, 6) is -0.506. The molecule has 0 unspecified atom stereocenters. The number of thioether (sulfide) groups is 1. The summed E-state index contributed by atoms with van der Waals surface area (Å²) in [6.07, 6.45) is 1.13. The van der Waals surface area contributed by atoms with E-state index in [0.29, 0.717) is 26.5 Å². The quantitative estimate of drug-likeness (QED) is 0.621. The average Bonchev–Trinajstić information content (AvgIpc) is 3.24. The van der Waals surface area contributed by atoms with Crippen LogP contribution < -0.4 is 5.32 Å². The van der Waals surface area contributed by atoms with Gasteiger partial charge in [0.1, 0.15) is 0 Å². The number of imide groups is 1. The van der Waals surface area contributed by atoms with E-state index in [1.807, 2.05) is 0 Å². The van der Waals surface area contributed by atoms with Crippen molar-refractivity contribution in [2.75, 3.05) is 17.3 Å². The molecule has 8 nitrogen and oxygen atoms in total. The molecule has 154 valence electrons. The summed E-state index contributed by atoms with van der Waals surface area (Å²) in [6.45, 7) is 0.112. The molecule has 2 aromatic carbocycles. The SMILES string of the molecule is CS(=O)(=O)c1ccc2nc(NC(=O)c3cccc(CN4C(=O)CSC4=O)c3)sc2c1. The van der Waals surface area contributed by atoms with E-state index in [-0.39, 0.29) is 28.3 Å². The molecule has 0 atom stereocenters. The Kier molecular flexibility index (Phi) is 5.35. The first-order valence-electron chi connectivity index (χ1n) is 8.69. The average molecular weight is 462 g/mol. The van der Waals surface area contributed by atoms with E-state index in [1.54, 1.807) is 30.3 Å². The number of rotatable bonds is 5. The van der Waals surface area contributed by atoms with Crippen molar-refractivity contribution in [3.8, 4) is 0 Å². The lowest BCUT2D eigenvalue weighted by atomic mass is 10.1. The Hall–Kier alpha value is -2.76. The van der Waals surface area contributed by atoms with Crippen LogP contribution in [-0.4, -0.2) is 47.4 Å². The van der Waals surface area contributed by atoms with Crippen molar-refractivity contribution in [2.45, 2.75) is 11.4 Å². The number of nitrogens with zero attached hydrogens (tertiary/aromatic N) is 2. The number of carbonyl (C=O) groups is 3. The van der Waals surface area contributed by atoms with Crippen LogP contribution in [-0.2, 0) is 21.2 Å². The van der Waals surface area contributed by atoms with Crippen LogP contribution in [0.3, 0.4) is 0 Å². The summed E-state index contributed by atoms with van der Waals surface area (Å²) in [4.78, 5) is 41.9. The predicted octanol–water partition coefficient (Wildman–Crippen LogP) is 3.15. The highest BCUT2D eigenvalue weighted by atomic mass is 32.2. The minimum atomic E-state index is -3.34. The van der Waals surface area contributed by atoms with Crippen LogP contribution >= 0.6 is 23.1 Å². The van der Waals surface area contributed by atoms with Gasteiger partial charge >= 0.3 is 0 Å². The van der Waals surface area contributed by atoms with Crippen LogP contribution in [0, 0.1) is 0 Å². The topological polar surface area (TPSA) is 114 Å². The van der Waals surface area contributed by atoms with Gasteiger partial charge in [-0.3, -0.25) is 24.6 Å². The number of amides is 3. The maximum absolute atomic E-state index is 12.6. The summed E-state index contributed by atoms with van der Waals surface area (Å²) in [5, 5.41) is 2.76. The third-order valence-electron chi connectivity index (χ3n) is 4.38. The molecule has 0 bridgehead atoms. The van der Waals surface area contributed by atoms with Gasteiger partial charge in [0.25, 0.3) is 11.1 Å². The molecular formula is C19H15N3O5S3. The fourth-order valence-electron chi connectivity index (χ4n) is 2.89. The van der Waals surface area contributed by atoms with E-state index >= 15 is 0 Å². The molecule has 30 heavy (non-hydrogen) atoms. The largest absolute Gasteiger partial charge is 0.298 e. The Balaban J connectivity index is 1.52. The summed E-state index contributed by atoms with van der Waals surface area (Å²) >= 11 is 2.14. The number of sulfone groups is 1. The molecule has 4 rings (SSSR count). The van der Waals surface area contributed by atoms with Gasteiger partial charge in [0, 0.05) is 11.8 Å². The number of carbonyl (C=O) groups excluding carboxylic acids is 3. The number of thiazole rings is 1. The monoisotopic (exact) mass is 461 g/mol. The highest BCUT2D eigenvalue weighted by molar-refractivity contribution is 8.14. The number of aromatic nitrogens is 1. The number of anilines is 1. The Morgan fingerprint density at radius 3 is 2.70 bits per heavy atom. The first kappa shape index (κ1) is 20.5. The lowest BCUT2D eigenvalue weighted by Crippen LogP contribution is -2.28. The molecule has 0 saturated carbocycles. The number of benzene rings is 2. The number of hydrogen-bond acceptors (Lipinski definition) is 8. The van der Waals surface area contributed by atoms with Crippen molar-refractivity contribution >= 4 is 65.3 Å². The Morgan fingerprint density at radius 1 is 1.20 bits per heavy atom. The third kappa shape index (κ3) is 4.23.